The SMILES string of the molecule is Cc1nc(N2CC(C(=O)NS(=O)(=O)c3cccs3)C2)c(C#N)cc1C(=O)O. The van der Waals surface area contributed by atoms with Crippen LogP contribution in [0.4, 0.5) is 5.82 Å². The molecule has 1 fully saturated rings. The van der Waals surface area contributed by atoms with Gasteiger partial charge in [-0.3, -0.25) is 4.79 Å². The lowest BCUT2D eigenvalue weighted by molar-refractivity contribution is -0.123. The number of amides is 1. The van der Waals surface area contributed by atoms with Gasteiger partial charge in [0.1, 0.15) is 16.1 Å². The zero-order valence-electron chi connectivity index (χ0n) is 14.0. The second kappa shape index (κ2) is 6.98. The number of nitrogens with zero attached hydrogens (tertiary/aromatic N) is 3. The number of anilines is 1. The van der Waals surface area contributed by atoms with E-state index in [4.69, 9.17) is 5.11 Å². The number of aromatic carboxylic acids is 1. The summed E-state index contributed by atoms with van der Waals surface area (Å²) in [5.74, 6) is -2.10. The largest absolute Gasteiger partial charge is 0.478 e. The summed E-state index contributed by atoms with van der Waals surface area (Å²) in [4.78, 5) is 29.2. The van der Waals surface area contributed by atoms with Crippen molar-refractivity contribution in [3.63, 3.8) is 0 Å². The van der Waals surface area contributed by atoms with Crippen molar-refractivity contribution in [2.75, 3.05) is 18.0 Å². The molecule has 2 aromatic rings. The fourth-order valence-electron chi connectivity index (χ4n) is 2.63. The summed E-state index contributed by atoms with van der Waals surface area (Å²) in [6.07, 6.45) is 0. The van der Waals surface area contributed by atoms with E-state index in [0.717, 1.165) is 11.3 Å². The van der Waals surface area contributed by atoms with Gasteiger partial charge in [0, 0.05) is 13.1 Å². The van der Waals surface area contributed by atoms with Crippen LogP contribution < -0.4 is 9.62 Å². The van der Waals surface area contributed by atoms with Crippen molar-refractivity contribution in [3.05, 3.63) is 40.4 Å². The topological polar surface area (TPSA) is 140 Å². The van der Waals surface area contributed by atoms with Gasteiger partial charge in [0.2, 0.25) is 5.91 Å². The second-order valence-electron chi connectivity index (χ2n) is 5.91. The van der Waals surface area contributed by atoms with E-state index in [9.17, 15) is 23.3 Å². The number of aromatic nitrogens is 1. The average molecular weight is 406 g/mol. The Hall–Kier alpha value is -2.97. The van der Waals surface area contributed by atoms with E-state index in [1.165, 1.54) is 19.1 Å². The van der Waals surface area contributed by atoms with Crippen LogP contribution in [-0.2, 0) is 14.8 Å². The Morgan fingerprint density at radius 2 is 2.15 bits per heavy atom. The lowest BCUT2D eigenvalue weighted by Gasteiger charge is -2.39. The lowest BCUT2D eigenvalue weighted by atomic mass is 9.98. The monoisotopic (exact) mass is 406 g/mol. The fourth-order valence-corrected chi connectivity index (χ4v) is 4.67. The van der Waals surface area contributed by atoms with Crippen molar-refractivity contribution in [2.45, 2.75) is 11.1 Å². The second-order valence-corrected chi connectivity index (χ2v) is 8.77. The first-order valence-electron chi connectivity index (χ1n) is 7.73. The van der Waals surface area contributed by atoms with Gasteiger partial charge in [-0.25, -0.2) is 22.9 Å². The molecule has 0 unspecified atom stereocenters. The Morgan fingerprint density at radius 3 is 2.70 bits per heavy atom. The number of nitriles is 1. The number of hydrogen-bond donors (Lipinski definition) is 2. The number of nitrogens with one attached hydrogen (secondary N) is 1. The third-order valence-electron chi connectivity index (χ3n) is 4.09. The van der Waals surface area contributed by atoms with E-state index in [-0.39, 0.29) is 39.9 Å². The minimum Gasteiger partial charge on any atom is -0.478 e. The van der Waals surface area contributed by atoms with Crippen LogP contribution in [-0.4, -0.2) is 43.5 Å². The van der Waals surface area contributed by atoms with Crippen LogP contribution in [0.2, 0.25) is 0 Å². The molecular weight excluding hydrogens is 392 g/mol. The predicted octanol–water partition coefficient (Wildman–Crippen LogP) is 0.963. The van der Waals surface area contributed by atoms with E-state index >= 15 is 0 Å². The highest BCUT2D eigenvalue weighted by Crippen LogP contribution is 2.28. The summed E-state index contributed by atoms with van der Waals surface area (Å²) in [5.41, 5.74) is 0.278. The first kappa shape index (κ1) is 18.8. The maximum absolute atomic E-state index is 12.2. The Morgan fingerprint density at radius 1 is 1.44 bits per heavy atom. The van der Waals surface area contributed by atoms with Gasteiger partial charge >= 0.3 is 5.97 Å². The van der Waals surface area contributed by atoms with Gasteiger partial charge in [0.15, 0.2) is 0 Å². The van der Waals surface area contributed by atoms with Crippen LogP contribution in [0.3, 0.4) is 0 Å². The molecule has 1 saturated heterocycles. The molecule has 9 nitrogen and oxygen atoms in total. The van der Waals surface area contributed by atoms with Crippen LogP contribution in [0.25, 0.3) is 0 Å². The van der Waals surface area contributed by atoms with E-state index in [0.29, 0.717) is 0 Å². The van der Waals surface area contributed by atoms with E-state index in [1.54, 1.807) is 16.3 Å². The third-order valence-corrected chi connectivity index (χ3v) is 6.83. The molecule has 3 rings (SSSR count). The number of carbonyl (C=O) groups excluding carboxylic acids is 1. The highest BCUT2D eigenvalue weighted by atomic mass is 32.2. The molecule has 2 aromatic heterocycles. The zero-order valence-corrected chi connectivity index (χ0v) is 15.7. The van der Waals surface area contributed by atoms with Crippen molar-refractivity contribution in [2.24, 2.45) is 5.92 Å². The molecule has 0 bridgehead atoms. The number of sulfonamides is 1. The lowest BCUT2D eigenvalue weighted by Crippen LogP contribution is -2.55. The number of thiophene rings is 1. The van der Waals surface area contributed by atoms with E-state index < -0.39 is 27.8 Å². The molecule has 0 saturated carbocycles. The van der Waals surface area contributed by atoms with Gasteiger partial charge < -0.3 is 10.0 Å². The Bertz CT molecular complexity index is 1050. The summed E-state index contributed by atoms with van der Waals surface area (Å²) in [6, 6.07) is 6.13. The zero-order chi connectivity index (χ0) is 19.8. The Labute approximate surface area is 158 Å². The predicted molar refractivity (Wildman–Crippen MR) is 96.0 cm³/mol. The molecule has 0 spiro atoms. The molecule has 1 aliphatic rings. The number of carboxylic acids is 1. The maximum Gasteiger partial charge on any atom is 0.337 e. The molecule has 1 aliphatic heterocycles. The van der Waals surface area contributed by atoms with Crippen molar-refractivity contribution in [3.8, 4) is 6.07 Å². The highest BCUT2D eigenvalue weighted by Gasteiger charge is 2.37. The summed E-state index contributed by atoms with van der Waals surface area (Å²) in [6.45, 7) is 1.88. The minimum atomic E-state index is -3.89. The molecule has 2 N–H and O–H groups in total. The number of pyridine rings is 1. The number of aryl methyl sites for hydroxylation is 1. The van der Waals surface area contributed by atoms with Crippen molar-refractivity contribution < 1.29 is 23.1 Å². The van der Waals surface area contributed by atoms with Gasteiger partial charge in [-0.05, 0) is 24.4 Å². The number of carboxylic acid groups (broad SMARTS) is 1. The molecule has 0 radical (unpaired) electrons. The first-order valence-corrected chi connectivity index (χ1v) is 10.1. The number of rotatable bonds is 5. The molecule has 1 amide bonds. The number of hydrogen-bond acceptors (Lipinski definition) is 8. The Balaban J connectivity index is 1.71. The van der Waals surface area contributed by atoms with Crippen molar-refractivity contribution in [1.29, 1.82) is 5.26 Å². The summed E-state index contributed by atoms with van der Waals surface area (Å²) in [5, 5.41) is 20.0. The van der Waals surface area contributed by atoms with Crippen LogP contribution in [0.5, 0.6) is 0 Å². The van der Waals surface area contributed by atoms with Crippen molar-refractivity contribution >= 4 is 39.1 Å². The van der Waals surface area contributed by atoms with Gasteiger partial charge in [0.05, 0.1) is 22.7 Å². The molecular formula is C16H14N4O5S2. The standard InChI is InChI=1S/C16H14N4O5S2/c1-9-12(16(22)23)5-10(6-17)14(18-9)20-7-11(8-20)15(21)19-27(24,25)13-3-2-4-26-13/h2-5,11H,7-8H2,1H3,(H,19,21)(H,22,23). The van der Waals surface area contributed by atoms with Crippen LogP contribution in [0.15, 0.2) is 27.8 Å². The molecule has 0 atom stereocenters. The smallest absolute Gasteiger partial charge is 0.337 e. The summed E-state index contributed by atoms with van der Waals surface area (Å²) < 4.78 is 26.3. The van der Waals surface area contributed by atoms with Gasteiger partial charge in [-0.15, -0.1) is 11.3 Å². The van der Waals surface area contributed by atoms with E-state index in [1.807, 2.05) is 6.07 Å². The van der Waals surface area contributed by atoms with Crippen molar-refractivity contribution in [1.82, 2.24) is 9.71 Å². The van der Waals surface area contributed by atoms with Gasteiger partial charge in [0.25, 0.3) is 10.0 Å². The third kappa shape index (κ3) is 3.62. The van der Waals surface area contributed by atoms with Gasteiger partial charge in [-0.2, -0.15) is 5.26 Å². The van der Waals surface area contributed by atoms with E-state index in [2.05, 4.69) is 9.71 Å². The van der Waals surface area contributed by atoms with Crippen LogP contribution >= 0.6 is 11.3 Å². The summed E-state index contributed by atoms with van der Waals surface area (Å²) >= 11 is 1.01. The molecule has 3 heterocycles. The summed E-state index contributed by atoms with van der Waals surface area (Å²) in [7, 11) is -3.89. The average Bonchev–Trinajstić information content (AvgIpc) is 3.08. The van der Waals surface area contributed by atoms with Crippen LogP contribution in [0, 0.1) is 24.2 Å². The Kier molecular flexibility index (Phi) is 4.86. The number of carbonyl (C=O) groups is 2. The molecule has 140 valence electrons. The molecule has 0 aliphatic carbocycles. The molecule has 11 heteroatoms. The quantitative estimate of drug-likeness (QED) is 0.748. The fraction of sp³-hybridized carbons (Fsp3) is 0.250. The van der Waals surface area contributed by atoms with Gasteiger partial charge in [-0.1, -0.05) is 6.07 Å². The molecule has 27 heavy (non-hydrogen) atoms. The normalized spacial score (nSPS) is 14.3. The highest BCUT2D eigenvalue weighted by molar-refractivity contribution is 7.92. The maximum atomic E-state index is 12.2. The molecule has 0 aromatic carbocycles. The minimum absolute atomic E-state index is 0.0559. The van der Waals surface area contributed by atoms with Crippen LogP contribution in [0.1, 0.15) is 21.6 Å². The first-order chi connectivity index (χ1) is 12.7.